The molecule has 4 heteroatoms. The van der Waals surface area contributed by atoms with Crippen LogP contribution in [0.1, 0.15) is 18.9 Å². The molecule has 3 nitrogen and oxygen atoms in total. The molecule has 0 aromatic carbocycles. The van der Waals surface area contributed by atoms with Gasteiger partial charge in [-0.15, -0.1) is 0 Å². The van der Waals surface area contributed by atoms with Crippen LogP contribution in [0.15, 0.2) is 18.3 Å². The van der Waals surface area contributed by atoms with Gasteiger partial charge < -0.3 is 9.67 Å². The Kier molecular flexibility index (Phi) is 2.55. The van der Waals surface area contributed by atoms with Gasteiger partial charge in [0, 0.05) is 7.05 Å². The lowest BCUT2D eigenvalue weighted by molar-refractivity contribution is 0.202. The fraction of sp³-hybridized carbons (Fsp3) is 0.375. The monoisotopic (exact) mass is 186 g/mol. The van der Waals surface area contributed by atoms with E-state index in [1.54, 1.807) is 18.5 Å². The zero-order valence-corrected chi connectivity index (χ0v) is 7.84. The normalized spacial score (nSPS) is 13.0. The number of aliphatic hydroxyl groups is 1. The summed E-state index contributed by atoms with van der Waals surface area (Å²) >= 11 is 5.74. The van der Waals surface area contributed by atoms with E-state index in [1.165, 1.54) is 6.20 Å². The van der Waals surface area contributed by atoms with E-state index in [-0.39, 0.29) is 0 Å². The van der Waals surface area contributed by atoms with Crippen molar-refractivity contribution in [1.82, 2.24) is 9.55 Å². The van der Waals surface area contributed by atoms with Gasteiger partial charge in [-0.2, -0.15) is 0 Å². The van der Waals surface area contributed by atoms with Crippen molar-refractivity contribution < 1.29 is 5.11 Å². The number of rotatable bonds is 2. The van der Waals surface area contributed by atoms with E-state index >= 15 is 0 Å². The molecule has 66 valence electrons. The van der Waals surface area contributed by atoms with E-state index in [9.17, 15) is 5.11 Å². The minimum atomic E-state index is -0.734. The van der Waals surface area contributed by atoms with Crippen LogP contribution in [-0.2, 0) is 7.05 Å². The van der Waals surface area contributed by atoms with Crippen LogP contribution in [0.3, 0.4) is 0 Å². The van der Waals surface area contributed by atoms with Crippen LogP contribution in [0.5, 0.6) is 0 Å². The van der Waals surface area contributed by atoms with Gasteiger partial charge in [-0.25, -0.2) is 4.98 Å². The van der Waals surface area contributed by atoms with E-state index < -0.39 is 6.10 Å². The summed E-state index contributed by atoms with van der Waals surface area (Å²) in [7, 11) is 1.75. The first-order valence-electron chi connectivity index (χ1n) is 3.54. The predicted octanol–water partition coefficient (Wildman–Crippen LogP) is 1.68. The summed E-state index contributed by atoms with van der Waals surface area (Å²) < 4.78 is 1.63. The topological polar surface area (TPSA) is 38.1 Å². The third kappa shape index (κ3) is 1.52. The van der Waals surface area contributed by atoms with E-state index in [0.29, 0.717) is 16.6 Å². The Morgan fingerprint density at radius 3 is 2.75 bits per heavy atom. The molecular formula is C8H11ClN2O. The Morgan fingerprint density at radius 1 is 1.83 bits per heavy atom. The summed E-state index contributed by atoms with van der Waals surface area (Å²) in [6, 6.07) is 0. The minimum absolute atomic E-state index is 0.505. The van der Waals surface area contributed by atoms with Crippen LogP contribution < -0.4 is 0 Å². The highest BCUT2D eigenvalue weighted by Gasteiger charge is 2.14. The zero-order chi connectivity index (χ0) is 9.30. The standard InChI is InChI=1S/C8H11ClN2O/c1-5(2)7(12)8-10-4-6(9)11(8)3/h4,7,12H,1H2,2-3H3. The molecule has 1 atom stereocenters. The fourth-order valence-corrected chi connectivity index (χ4v) is 1.01. The van der Waals surface area contributed by atoms with Gasteiger partial charge in [0.1, 0.15) is 17.1 Å². The molecular weight excluding hydrogens is 176 g/mol. The van der Waals surface area contributed by atoms with Crippen molar-refractivity contribution in [3.05, 3.63) is 29.3 Å². The molecule has 0 aliphatic rings. The third-order valence-electron chi connectivity index (χ3n) is 1.68. The number of hydrogen-bond donors (Lipinski definition) is 1. The molecule has 0 aliphatic heterocycles. The first kappa shape index (κ1) is 9.29. The molecule has 0 saturated carbocycles. The molecule has 1 N–H and O–H groups in total. The zero-order valence-electron chi connectivity index (χ0n) is 7.08. The maximum Gasteiger partial charge on any atom is 0.142 e. The van der Waals surface area contributed by atoms with E-state index in [0.717, 1.165) is 0 Å². The molecule has 0 bridgehead atoms. The smallest absolute Gasteiger partial charge is 0.142 e. The van der Waals surface area contributed by atoms with Gasteiger partial charge in [0.25, 0.3) is 0 Å². The number of hydrogen-bond acceptors (Lipinski definition) is 2. The van der Waals surface area contributed by atoms with Crippen molar-refractivity contribution in [3.63, 3.8) is 0 Å². The highest BCUT2D eigenvalue weighted by atomic mass is 35.5. The molecule has 0 radical (unpaired) electrons. The van der Waals surface area contributed by atoms with Crippen LogP contribution in [0.2, 0.25) is 5.15 Å². The Labute approximate surface area is 76.3 Å². The van der Waals surface area contributed by atoms with Gasteiger partial charge in [0.05, 0.1) is 6.20 Å². The lowest BCUT2D eigenvalue weighted by atomic mass is 10.2. The molecule has 0 fully saturated rings. The van der Waals surface area contributed by atoms with Crippen LogP contribution in [-0.4, -0.2) is 14.7 Å². The first-order chi connectivity index (χ1) is 5.54. The number of nitrogens with zero attached hydrogens (tertiary/aromatic N) is 2. The maximum atomic E-state index is 9.55. The summed E-state index contributed by atoms with van der Waals surface area (Å²) in [5, 5.41) is 10.1. The second kappa shape index (κ2) is 3.29. The number of halogens is 1. The maximum absolute atomic E-state index is 9.55. The molecule has 1 unspecified atom stereocenters. The highest BCUT2D eigenvalue weighted by molar-refractivity contribution is 6.29. The molecule has 1 aromatic rings. The molecule has 0 amide bonds. The largest absolute Gasteiger partial charge is 0.381 e. The lowest BCUT2D eigenvalue weighted by Crippen LogP contribution is -2.06. The predicted molar refractivity (Wildman–Crippen MR) is 48.0 cm³/mol. The third-order valence-corrected chi connectivity index (χ3v) is 2.03. The Bertz CT molecular complexity index is 306. The van der Waals surface area contributed by atoms with Crippen molar-refractivity contribution in [1.29, 1.82) is 0 Å². The average Bonchev–Trinajstić information content (AvgIpc) is 2.32. The van der Waals surface area contributed by atoms with Gasteiger partial charge in [-0.1, -0.05) is 18.2 Å². The van der Waals surface area contributed by atoms with E-state index in [2.05, 4.69) is 11.6 Å². The number of aliphatic hydroxyl groups excluding tert-OH is 1. The van der Waals surface area contributed by atoms with Gasteiger partial charge >= 0.3 is 0 Å². The summed E-state index contributed by atoms with van der Waals surface area (Å²) in [5.41, 5.74) is 0.653. The summed E-state index contributed by atoms with van der Waals surface area (Å²) in [5.74, 6) is 0.521. The van der Waals surface area contributed by atoms with Crippen molar-refractivity contribution in [2.45, 2.75) is 13.0 Å². The molecule has 0 saturated heterocycles. The van der Waals surface area contributed by atoms with E-state index in [4.69, 9.17) is 11.6 Å². The number of aromatic nitrogens is 2. The SMILES string of the molecule is C=C(C)C(O)c1ncc(Cl)n1C. The molecule has 0 aliphatic carbocycles. The molecule has 1 rings (SSSR count). The van der Waals surface area contributed by atoms with Crippen LogP contribution in [0.4, 0.5) is 0 Å². The molecule has 1 heterocycles. The minimum Gasteiger partial charge on any atom is -0.381 e. The highest BCUT2D eigenvalue weighted by Crippen LogP contribution is 2.20. The summed E-state index contributed by atoms with van der Waals surface area (Å²) in [6.07, 6.45) is 0.769. The number of imidazole rings is 1. The van der Waals surface area contributed by atoms with Gasteiger partial charge in [0.2, 0.25) is 0 Å². The van der Waals surface area contributed by atoms with E-state index in [1.807, 2.05) is 0 Å². The first-order valence-corrected chi connectivity index (χ1v) is 3.92. The second-order valence-corrected chi connectivity index (χ2v) is 3.13. The van der Waals surface area contributed by atoms with Crippen molar-refractivity contribution in [3.8, 4) is 0 Å². The van der Waals surface area contributed by atoms with Crippen molar-refractivity contribution >= 4 is 11.6 Å². The van der Waals surface area contributed by atoms with Crippen LogP contribution in [0.25, 0.3) is 0 Å². The fourth-order valence-electron chi connectivity index (χ4n) is 0.876. The van der Waals surface area contributed by atoms with Crippen molar-refractivity contribution in [2.24, 2.45) is 7.05 Å². The molecule has 1 aromatic heterocycles. The van der Waals surface area contributed by atoms with Gasteiger partial charge in [-0.05, 0) is 12.5 Å². The molecule has 0 spiro atoms. The van der Waals surface area contributed by atoms with Gasteiger partial charge in [0.15, 0.2) is 0 Å². The summed E-state index contributed by atoms with van der Waals surface area (Å²) in [6.45, 7) is 5.38. The van der Waals surface area contributed by atoms with Crippen LogP contribution >= 0.6 is 11.6 Å². The molecule has 12 heavy (non-hydrogen) atoms. The summed E-state index contributed by atoms with van der Waals surface area (Å²) in [4.78, 5) is 3.96. The lowest BCUT2D eigenvalue weighted by Gasteiger charge is -2.09. The van der Waals surface area contributed by atoms with Gasteiger partial charge in [-0.3, -0.25) is 0 Å². The Morgan fingerprint density at radius 2 is 2.42 bits per heavy atom. The Hall–Kier alpha value is -0.800. The average molecular weight is 187 g/mol. The second-order valence-electron chi connectivity index (χ2n) is 2.75. The Balaban J connectivity index is 3.03. The van der Waals surface area contributed by atoms with Crippen molar-refractivity contribution in [2.75, 3.05) is 0 Å². The quantitative estimate of drug-likeness (QED) is 0.714. The van der Waals surface area contributed by atoms with Crippen LogP contribution in [0, 0.1) is 0 Å².